The van der Waals surface area contributed by atoms with Crippen LogP contribution in [0.4, 0.5) is 0 Å². The number of hydrogen-bond acceptors (Lipinski definition) is 3. The molecule has 3 atom stereocenters. The van der Waals surface area contributed by atoms with E-state index in [1.807, 2.05) is 11.6 Å². The number of carbonyl (C=O) groups is 1. The van der Waals surface area contributed by atoms with Gasteiger partial charge in [0, 0.05) is 37.2 Å². The second kappa shape index (κ2) is 5.20. The molecule has 0 unspecified atom stereocenters. The Balaban J connectivity index is 1.48. The SMILES string of the molecule is Cc1nn(CCC(=O)N[C@H]2C[C@@H]3OCC[C@H]23)c(C)c1C. The maximum absolute atomic E-state index is 12.0. The van der Waals surface area contributed by atoms with E-state index in [0.717, 1.165) is 30.8 Å². The molecule has 1 saturated heterocycles. The smallest absolute Gasteiger partial charge is 0.222 e. The minimum Gasteiger partial charge on any atom is -0.378 e. The predicted molar refractivity (Wildman–Crippen MR) is 75.4 cm³/mol. The van der Waals surface area contributed by atoms with E-state index in [4.69, 9.17) is 4.74 Å². The van der Waals surface area contributed by atoms with Gasteiger partial charge in [-0.1, -0.05) is 0 Å². The van der Waals surface area contributed by atoms with Gasteiger partial charge in [-0.3, -0.25) is 9.48 Å². The largest absolute Gasteiger partial charge is 0.378 e. The van der Waals surface area contributed by atoms with Crippen molar-refractivity contribution in [3.63, 3.8) is 0 Å². The first-order chi connectivity index (χ1) is 9.56. The van der Waals surface area contributed by atoms with Gasteiger partial charge < -0.3 is 10.1 Å². The van der Waals surface area contributed by atoms with Gasteiger partial charge in [0.05, 0.1) is 11.8 Å². The fraction of sp³-hybridized carbons (Fsp3) is 0.733. The number of ether oxygens (including phenoxy) is 1. The van der Waals surface area contributed by atoms with E-state index in [-0.39, 0.29) is 5.91 Å². The maximum Gasteiger partial charge on any atom is 0.222 e. The van der Waals surface area contributed by atoms with Gasteiger partial charge in [0.25, 0.3) is 0 Å². The first kappa shape index (κ1) is 13.6. The molecule has 5 heteroatoms. The summed E-state index contributed by atoms with van der Waals surface area (Å²) in [6, 6.07) is 0.331. The Morgan fingerprint density at radius 3 is 2.90 bits per heavy atom. The number of aromatic nitrogens is 2. The molecule has 1 aromatic rings. The molecule has 0 aromatic carbocycles. The molecule has 1 N–H and O–H groups in total. The van der Waals surface area contributed by atoms with Crippen molar-refractivity contribution in [2.75, 3.05) is 6.61 Å². The highest BCUT2D eigenvalue weighted by molar-refractivity contribution is 5.76. The Bertz CT molecular complexity index is 523. The number of amides is 1. The van der Waals surface area contributed by atoms with E-state index >= 15 is 0 Å². The van der Waals surface area contributed by atoms with Gasteiger partial charge in [0.2, 0.25) is 5.91 Å². The summed E-state index contributed by atoms with van der Waals surface area (Å²) >= 11 is 0. The number of hydrogen-bond donors (Lipinski definition) is 1. The standard InChI is InChI=1S/C15H23N3O2/c1-9-10(2)17-18(11(9)3)6-4-15(19)16-13-8-14-12(13)5-7-20-14/h12-14H,4-8H2,1-3H3,(H,16,19)/t12-,13+,14+/m1/s1. The van der Waals surface area contributed by atoms with E-state index in [2.05, 4.69) is 24.3 Å². The quantitative estimate of drug-likeness (QED) is 0.907. The highest BCUT2D eigenvalue weighted by Crippen LogP contribution is 2.38. The molecule has 2 heterocycles. The normalized spacial score (nSPS) is 28.1. The van der Waals surface area contributed by atoms with Crippen molar-refractivity contribution in [2.24, 2.45) is 5.92 Å². The molecular formula is C15H23N3O2. The molecule has 3 rings (SSSR count). The Labute approximate surface area is 119 Å². The van der Waals surface area contributed by atoms with Gasteiger partial charge in [-0.2, -0.15) is 5.10 Å². The highest BCUT2D eigenvalue weighted by atomic mass is 16.5. The van der Waals surface area contributed by atoms with Crippen LogP contribution < -0.4 is 5.32 Å². The third-order valence-corrected chi connectivity index (χ3v) is 4.90. The van der Waals surface area contributed by atoms with Crippen molar-refractivity contribution in [3.05, 3.63) is 17.0 Å². The molecule has 0 spiro atoms. The summed E-state index contributed by atoms with van der Waals surface area (Å²) in [6.45, 7) is 7.65. The molecule has 20 heavy (non-hydrogen) atoms. The van der Waals surface area contributed by atoms with Crippen LogP contribution in [-0.4, -0.2) is 34.4 Å². The molecule has 110 valence electrons. The fourth-order valence-corrected chi connectivity index (χ4v) is 3.25. The van der Waals surface area contributed by atoms with E-state index in [1.165, 1.54) is 5.56 Å². The van der Waals surface area contributed by atoms with Crippen LogP contribution in [0.1, 0.15) is 36.2 Å². The van der Waals surface area contributed by atoms with Crippen LogP contribution in [0.3, 0.4) is 0 Å². The highest BCUT2D eigenvalue weighted by Gasteiger charge is 2.45. The Kier molecular flexibility index (Phi) is 3.54. The van der Waals surface area contributed by atoms with Crippen molar-refractivity contribution in [1.29, 1.82) is 0 Å². The lowest BCUT2D eigenvalue weighted by molar-refractivity contribution is -0.124. The molecule has 2 aliphatic rings. The molecule has 2 fully saturated rings. The third-order valence-electron chi connectivity index (χ3n) is 4.90. The van der Waals surface area contributed by atoms with Gasteiger partial charge in [-0.05, 0) is 39.2 Å². The van der Waals surface area contributed by atoms with Crippen molar-refractivity contribution in [1.82, 2.24) is 15.1 Å². The zero-order chi connectivity index (χ0) is 14.3. The topological polar surface area (TPSA) is 56.2 Å². The van der Waals surface area contributed by atoms with Crippen molar-refractivity contribution in [3.8, 4) is 0 Å². The van der Waals surface area contributed by atoms with E-state index in [9.17, 15) is 4.79 Å². The number of fused-ring (bicyclic) bond motifs is 1. The molecule has 1 aromatic heterocycles. The lowest BCUT2D eigenvalue weighted by Gasteiger charge is -2.39. The first-order valence-corrected chi connectivity index (χ1v) is 7.48. The van der Waals surface area contributed by atoms with Crippen LogP contribution in [0.15, 0.2) is 0 Å². The van der Waals surface area contributed by atoms with Crippen LogP contribution in [0.5, 0.6) is 0 Å². The van der Waals surface area contributed by atoms with Crippen molar-refractivity contribution >= 4 is 5.91 Å². The minimum atomic E-state index is 0.130. The first-order valence-electron chi connectivity index (χ1n) is 7.48. The number of carbonyl (C=O) groups excluding carboxylic acids is 1. The Morgan fingerprint density at radius 1 is 1.45 bits per heavy atom. The summed E-state index contributed by atoms with van der Waals surface area (Å²) in [6.07, 6.45) is 2.97. The van der Waals surface area contributed by atoms with Crippen LogP contribution >= 0.6 is 0 Å². The average molecular weight is 277 g/mol. The molecule has 5 nitrogen and oxygen atoms in total. The van der Waals surface area contributed by atoms with Gasteiger partial charge in [-0.15, -0.1) is 0 Å². The molecule has 1 aliphatic heterocycles. The predicted octanol–water partition coefficient (Wildman–Crippen LogP) is 1.49. The van der Waals surface area contributed by atoms with E-state index in [1.54, 1.807) is 0 Å². The number of rotatable bonds is 4. The van der Waals surface area contributed by atoms with Gasteiger partial charge in [0.1, 0.15) is 0 Å². The minimum absolute atomic E-state index is 0.130. The second-order valence-corrected chi connectivity index (χ2v) is 6.04. The lowest BCUT2D eigenvalue weighted by Crippen LogP contribution is -2.53. The Morgan fingerprint density at radius 2 is 2.25 bits per heavy atom. The second-order valence-electron chi connectivity index (χ2n) is 6.04. The van der Waals surface area contributed by atoms with Gasteiger partial charge in [-0.25, -0.2) is 0 Å². The molecule has 0 bridgehead atoms. The van der Waals surface area contributed by atoms with Crippen LogP contribution in [0, 0.1) is 26.7 Å². The fourth-order valence-electron chi connectivity index (χ4n) is 3.25. The summed E-state index contributed by atoms with van der Waals surface area (Å²) in [5, 5.41) is 7.60. The summed E-state index contributed by atoms with van der Waals surface area (Å²) < 4.78 is 7.50. The van der Waals surface area contributed by atoms with E-state index in [0.29, 0.717) is 31.0 Å². The lowest BCUT2D eigenvalue weighted by atomic mass is 9.76. The monoisotopic (exact) mass is 277 g/mol. The number of nitrogens with one attached hydrogen (secondary N) is 1. The zero-order valence-corrected chi connectivity index (χ0v) is 12.5. The summed E-state index contributed by atoms with van der Waals surface area (Å²) in [5.74, 6) is 0.681. The molecule has 0 radical (unpaired) electrons. The van der Waals surface area contributed by atoms with Crippen LogP contribution in [0.2, 0.25) is 0 Å². The Hall–Kier alpha value is -1.36. The number of nitrogens with zero attached hydrogens (tertiary/aromatic N) is 2. The van der Waals surface area contributed by atoms with Crippen LogP contribution in [-0.2, 0) is 16.1 Å². The molecular weight excluding hydrogens is 254 g/mol. The molecule has 1 aliphatic carbocycles. The third kappa shape index (κ3) is 2.35. The number of aryl methyl sites for hydroxylation is 2. The maximum atomic E-state index is 12.0. The van der Waals surface area contributed by atoms with Crippen molar-refractivity contribution in [2.45, 2.75) is 58.7 Å². The summed E-state index contributed by atoms with van der Waals surface area (Å²) in [5.41, 5.74) is 3.42. The van der Waals surface area contributed by atoms with Crippen LogP contribution in [0.25, 0.3) is 0 Å². The van der Waals surface area contributed by atoms with Gasteiger partial charge >= 0.3 is 0 Å². The average Bonchev–Trinajstić information content (AvgIpc) is 2.89. The summed E-state index contributed by atoms with van der Waals surface area (Å²) in [7, 11) is 0. The van der Waals surface area contributed by atoms with Crippen molar-refractivity contribution < 1.29 is 9.53 Å². The van der Waals surface area contributed by atoms with E-state index < -0.39 is 0 Å². The molecule has 1 amide bonds. The summed E-state index contributed by atoms with van der Waals surface area (Å²) in [4.78, 5) is 12.0. The zero-order valence-electron chi connectivity index (χ0n) is 12.5. The van der Waals surface area contributed by atoms with Gasteiger partial charge in [0.15, 0.2) is 0 Å². The molecule has 1 saturated carbocycles.